The first-order chi connectivity index (χ1) is 16.5. The molecule has 2 aromatic heterocycles. The van der Waals surface area contributed by atoms with Crippen LogP contribution in [0.3, 0.4) is 0 Å². The molecular weight excluding hydrogens is 613 g/mol. The van der Waals surface area contributed by atoms with Crippen LogP contribution in [-0.2, 0) is 0 Å². The van der Waals surface area contributed by atoms with E-state index in [0.29, 0.717) is 39.6 Å². The Hall–Kier alpha value is -3.18. The van der Waals surface area contributed by atoms with Crippen molar-refractivity contribution in [1.29, 1.82) is 0 Å². The largest absolute Gasteiger partial charge is 0.493 e. The summed E-state index contributed by atoms with van der Waals surface area (Å²) in [6.07, 6.45) is 1.59. The molecule has 9 heteroatoms. The monoisotopic (exact) mass is 629 g/mol. The molecule has 0 fully saturated rings. The van der Waals surface area contributed by atoms with Gasteiger partial charge in [0.05, 0.1) is 34.9 Å². The van der Waals surface area contributed by atoms with Crippen LogP contribution < -0.4 is 15.0 Å². The van der Waals surface area contributed by atoms with E-state index in [1.807, 2.05) is 36.4 Å². The van der Waals surface area contributed by atoms with Crippen LogP contribution in [0.4, 0.5) is 0 Å². The number of nitrogens with zero attached hydrogens (tertiary/aromatic N) is 3. The molecule has 7 nitrogen and oxygen atoms in total. The Morgan fingerprint density at radius 2 is 1.91 bits per heavy atom. The van der Waals surface area contributed by atoms with Gasteiger partial charge in [0.1, 0.15) is 5.58 Å². The molecule has 0 aliphatic heterocycles. The number of furan rings is 1. The van der Waals surface area contributed by atoms with Crippen molar-refractivity contribution in [2.45, 2.75) is 0 Å². The number of ether oxygens (including phenoxy) is 2. The summed E-state index contributed by atoms with van der Waals surface area (Å²) in [6.45, 7) is 0. The fourth-order valence-electron chi connectivity index (χ4n) is 3.65. The highest BCUT2D eigenvalue weighted by molar-refractivity contribution is 14.1. The predicted octanol–water partition coefficient (Wildman–Crippen LogP) is 6.08. The van der Waals surface area contributed by atoms with Gasteiger partial charge < -0.3 is 13.9 Å². The Morgan fingerprint density at radius 3 is 2.71 bits per heavy atom. The highest BCUT2D eigenvalue weighted by Crippen LogP contribution is 2.33. The van der Waals surface area contributed by atoms with Gasteiger partial charge in [-0.3, -0.25) is 4.79 Å². The zero-order chi connectivity index (χ0) is 23.8. The fraction of sp³-hybridized carbons (Fsp3) is 0.0800. The lowest BCUT2D eigenvalue weighted by Gasteiger charge is -2.10. The lowest BCUT2D eigenvalue weighted by molar-refractivity contribution is 0.353. The third-order valence-electron chi connectivity index (χ3n) is 5.23. The summed E-state index contributed by atoms with van der Waals surface area (Å²) >= 11 is 5.65. The van der Waals surface area contributed by atoms with Gasteiger partial charge in [-0.2, -0.15) is 9.78 Å². The zero-order valence-electron chi connectivity index (χ0n) is 18.1. The average Bonchev–Trinajstić information content (AvgIpc) is 3.26. The second-order valence-electron chi connectivity index (χ2n) is 7.35. The number of methoxy groups -OCH3 is 2. The van der Waals surface area contributed by atoms with Gasteiger partial charge in [0.15, 0.2) is 17.3 Å². The summed E-state index contributed by atoms with van der Waals surface area (Å²) in [5, 5.41) is 5.86. The van der Waals surface area contributed by atoms with Gasteiger partial charge in [0.25, 0.3) is 5.56 Å². The topological polar surface area (TPSA) is 78.9 Å². The second-order valence-corrected chi connectivity index (χ2v) is 9.42. The van der Waals surface area contributed by atoms with E-state index >= 15 is 0 Å². The Kier molecular flexibility index (Phi) is 6.13. The van der Waals surface area contributed by atoms with Gasteiger partial charge in [-0.25, -0.2) is 4.98 Å². The minimum Gasteiger partial charge on any atom is -0.493 e. The molecule has 2 heterocycles. The Bertz CT molecular complexity index is 1640. The van der Waals surface area contributed by atoms with Crippen molar-refractivity contribution in [2.24, 2.45) is 5.10 Å². The summed E-state index contributed by atoms with van der Waals surface area (Å²) in [5.74, 6) is 1.96. The van der Waals surface area contributed by atoms with Crippen LogP contribution in [0.15, 0.2) is 79.4 Å². The number of halogens is 2. The van der Waals surface area contributed by atoms with E-state index in [0.717, 1.165) is 19.0 Å². The van der Waals surface area contributed by atoms with Gasteiger partial charge >= 0.3 is 0 Å². The Balaban J connectivity index is 1.70. The molecular formula is C25H17BrIN3O4. The summed E-state index contributed by atoms with van der Waals surface area (Å²) in [7, 11) is 3.16. The Morgan fingerprint density at radius 1 is 1.09 bits per heavy atom. The first kappa shape index (κ1) is 22.6. The normalized spacial score (nSPS) is 11.5. The molecule has 0 N–H and O–H groups in total. The van der Waals surface area contributed by atoms with Crippen molar-refractivity contribution in [3.8, 4) is 23.1 Å². The van der Waals surface area contributed by atoms with Crippen molar-refractivity contribution in [3.05, 3.63) is 84.6 Å². The maximum Gasteiger partial charge on any atom is 0.282 e. The third-order valence-corrected chi connectivity index (χ3v) is 6.53. The number of hydrogen-bond donors (Lipinski definition) is 0. The molecule has 0 saturated carbocycles. The van der Waals surface area contributed by atoms with Gasteiger partial charge in [-0.1, -0.05) is 28.1 Å². The third kappa shape index (κ3) is 4.09. The summed E-state index contributed by atoms with van der Waals surface area (Å²) in [5.41, 5.74) is 1.69. The molecule has 34 heavy (non-hydrogen) atoms. The van der Waals surface area contributed by atoms with Crippen molar-refractivity contribution in [2.75, 3.05) is 14.2 Å². The predicted molar refractivity (Wildman–Crippen MR) is 144 cm³/mol. The van der Waals surface area contributed by atoms with Crippen LogP contribution in [0.2, 0.25) is 0 Å². The number of para-hydroxylation sites is 1. The van der Waals surface area contributed by atoms with E-state index in [2.05, 4.69) is 43.6 Å². The molecule has 0 spiro atoms. The number of fused-ring (bicyclic) bond motifs is 2. The van der Waals surface area contributed by atoms with E-state index in [1.54, 1.807) is 44.7 Å². The smallest absolute Gasteiger partial charge is 0.282 e. The van der Waals surface area contributed by atoms with E-state index < -0.39 is 0 Å². The highest BCUT2D eigenvalue weighted by atomic mass is 127. The molecule has 0 atom stereocenters. The number of rotatable bonds is 5. The molecule has 0 aliphatic rings. The lowest BCUT2D eigenvalue weighted by atomic mass is 10.2. The first-order valence-electron chi connectivity index (χ1n) is 10.2. The van der Waals surface area contributed by atoms with Gasteiger partial charge in [0, 0.05) is 9.86 Å². The van der Waals surface area contributed by atoms with E-state index in [4.69, 9.17) is 18.9 Å². The minimum atomic E-state index is -0.298. The van der Waals surface area contributed by atoms with Crippen molar-refractivity contribution >= 4 is 66.6 Å². The van der Waals surface area contributed by atoms with Crippen molar-refractivity contribution < 1.29 is 13.9 Å². The van der Waals surface area contributed by atoms with E-state index in [1.165, 1.54) is 4.68 Å². The summed E-state index contributed by atoms with van der Waals surface area (Å²) in [6, 6.07) is 18.4. The molecule has 0 saturated heterocycles. The molecule has 5 rings (SSSR count). The van der Waals surface area contributed by atoms with E-state index in [-0.39, 0.29) is 5.56 Å². The van der Waals surface area contributed by atoms with Crippen molar-refractivity contribution in [1.82, 2.24) is 9.66 Å². The van der Waals surface area contributed by atoms with Gasteiger partial charge in [-0.15, -0.1) is 0 Å². The van der Waals surface area contributed by atoms with Gasteiger partial charge in [-0.05, 0) is 76.7 Å². The molecule has 0 radical (unpaired) electrons. The maximum atomic E-state index is 13.4. The van der Waals surface area contributed by atoms with E-state index in [9.17, 15) is 4.79 Å². The maximum absolute atomic E-state index is 13.4. The average molecular weight is 630 g/mol. The molecule has 0 amide bonds. The first-order valence-corrected chi connectivity index (χ1v) is 12.0. The lowest BCUT2D eigenvalue weighted by Crippen LogP contribution is -2.20. The highest BCUT2D eigenvalue weighted by Gasteiger charge is 2.17. The molecule has 3 aromatic carbocycles. The summed E-state index contributed by atoms with van der Waals surface area (Å²) in [4.78, 5) is 18.1. The molecule has 0 aliphatic carbocycles. The Labute approximate surface area is 216 Å². The molecule has 5 aromatic rings. The van der Waals surface area contributed by atoms with Crippen LogP contribution >= 0.6 is 38.5 Å². The van der Waals surface area contributed by atoms with Crippen LogP contribution in [-0.4, -0.2) is 30.1 Å². The fourth-order valence-corrected chi connectivity index (χ4v) is 4.88. The number of benzene rings is 3. The zero-order valence-corrected chi connectivity index (χ0v) is 21.8. The quantitative estimate of drug-likeness (QED) is 0.174. The van der Waals surface area contributed by atoms with Crippen LogP contribution in [0, 0.1) is 3.57 Å². The van der Waals surface area contributed by atoms with Crippen LogP contribution in [0.25, 0.3) is 33.5 Å². The van der Waals surface area contributed by atoms with Crippen molar-refractivity contribution in [3.63, 3.8) is 0 Å². The summed E-state index contributed by atoms with van der Waals surface area (Å²) < 4.78 is 19.9. The SMILES string of the molecule is COc1cc(C=Nn2c(-c3cc4cc(Br)ccc4o3)nc3ccccc3c2=O)cc(I)c1OC. The van der Waals surface area contributed by atoms with Crippen LogP contribution in [0.1, 0.15) is 5.56 Å². The minimum absolute atomic E-state index is 0.298. The van der Waals surface area contributed by atoms with Gasteiger partial charge in [0.2, 0.25) is 5.82 Å². The molecule has 170 valence electrons. The van der Waals surface area contributed by atoms with Crippen LogP contribution in [0.5, 0.6) is 11.5 Å². The second kappa shape index (κ2) is 9.22. The molecule has 0 bridgehead atoms. The number of hydrogen-bond acceptors (Lipinski definition) is 6. The molecule has 0 unspecified atom stereocenters. The standard InChI is InChI=1S/C25H17BrIN3O4/c1-32-21-10-14(9-18(27)23(21)33-2)13-28-30-24(29-19-6-4-3-5-17(19)25(30)31)22-12-15-11-16(26)7-8-20(15)34-22/h3-13H,1-2H3. The number of aromatic nitrogens is 2.